The van der Waals surface area contributed by atoms with E-state index in [0.29, 0.717) is 0 Å². The Morgan fingerprint density at radius 1 is 1.20 bits per heavy atom. The maximum atomic E-state index is 5.75. The van der Waals surface area contributed by atoms with Crippen LogP contribution in [0.1, 0.15) is 33.1 Å². The second-order valence-electron chi connectivity index (χ2n) is 3.83. The standard InChI is InChI=1S/C8H14O2/c1-7-4-3-5-8(2,10-7)9-6-7/h3-6H2,1-2H3/t7-,8+/m0/s1. The minimum Gasteiger partial charge on any atom is -0.347 e. The lowest BCUT2D eigenvalue weighted by atomic mass is 9.96. The summed E-state index contributed by atoms with van der Waals surface area (Å²) in [4.78, 5) is 0. The molecule has 0 aliphatic carbocycles. The van der Waals surface area contributed by atoms with E-state index in [1.165, 1.54) is 6.42 Å². The van der Waals surface area contributed by atoms with Crippen molar-refractivity contribution in [3.8, 4) is 0 Å². The van der Waals surface area contributed by atoms with Gasteiger partial charge in [0.05, 0.1) is 12.2 Å². The molecule has 2 rings (SSSR count). The van der Waals surface area contributed by atoms with Crippen LogP contribution in [0.4, 0.5) is 0 Å². The van der Waals surface area contributed by atoms with Gasteiger partial charge in [-0.3, -0.25) is 0 Å². The number of hydrogen-bond acceptors (Lipinski definition) is 2. The van der Waals surface area contributed by atoms with Gasteiger partial charge in [0, 0.05) is 6.42 Å². The van der Waals surface area contributed by atoms with Gasteiger partial charge in [0.15, 0.2) is 5.79 Å². The van der Waals surface area contributed by atoms with Crippen molar-refractivity contribution in [1.82, 2.24) is 0 Å². The van der Waals surface area contributed by atoms with Crippen LogP contribution in [0.15, 0.2) is 0 Å². The summed E-state index contributed by atoms with van der Waals surface area (Å²) >= 11 is 0. The summed E-state index contributed by atoms with van der Waals surface area (Å²) in [6.07, 6.45) is 3.46. The molecule has 2 fully saturated rings. The summed E-state index contributed by atoms with van der Waals surface area (Å²) in [6.45, 7) is 4.96. The molecule has 2 nitrogen and oxygen atoms in total. The molecule has 2 aliphatic rings. The van der Waals surface area contributed by atoms with Crippen LogP contribution < -0.4 is 0 Å². The molecule has 0 aromatic rings. The summed E-state index contributed by atoms with van der Waals surface area (Å²) in [6, 6.07) is 0. The second kappa shape index (κ2) is 1.74. The van der Waals surface area contributed by atoms with Gasteiger partial charge < -0.3 is 9.47 Å². The Balaban J connectivity index is 2.20. The lowest BCUT2D eigenvalue weighted by molar-refractivity contribution is -0.195. The van der Waals surface area contributed by atoms with Crippen molar-refractivity contribution in [2.45, 2.75) is 44.5 Å². The van der Waals surface area contributed by atoms with Crippen LogP contribution in [0.2, 0.25) is 0 Å². The highest BCUT2D eigenvalue weighted by atomic mass is 16.8. The third-order valence-electron chi connectivity index (χ3n) is 2.48. The summed E-state index contributed by atoms with van der Waals surface area (Å²) < 4.78 is 11.3. The quantitative estimate of drug-likeness (QED) is 0.512. The lowest BCUT2D eigenvalue weighted by Crippen LogP contribution is -2.37. The van der Waals surface area contributed by atoms with E-state index in [2.05, 4.69) is 6.92 Å². The monoisotopic (exact) mass is 142 g/mol. The average Bonchev–Trinajstić information content (AvgIpc) is 2.03. The number of hydrogen-bond donors (Lipinski definition) is 0. The molecular weight excluding hydrogens is 128 g/mol. The molecule has 2 bridgehead atoms. The molecule has 0 spiro atoms. The summed E-state index contributed by atoms with van der Waals surface area (Å²) in [7, 11) is 0. The second-order valence-corrected chi connectivity index (χ2v) is 3.83. The van der Waals surface area contributed by atoms with Gasteiger partial charge in [-0.25, -0.2) is 0 Å². The molecule has 0 saturated carbocycles. The minimum atomic E-state index is -0.243. The molecule has 0 aromatic carbocycles. The molecule has 0 amide bonds. The van der Waals surface area contributed by atoms with E-state index >= 15 is 0 Å². The van der Waals surface area contributed by atoms with E-state index in [9.17, 15) is 0 Å². The Morgan fingerprint density at radius 2 is 2.00 bits per heavy atom. The van der Waals surface area contributed by atoms with E-state index in [0.717, 1.165) is 19.4 Å². The van der Waals surface area contributed by atoms with Crippen molar-refractivity contribution in [2.75, 3.05) is 6.61 Å². The molecule has 58 valence electrons. The highest BCUT2D eigenvalue weighted by molar-refractivity contribution is 4.90. The van der Waals surface area contributed by atoms with Gasteiger partial charge in [0.25, 0.3) is 0 Å². The first-order chi connectivity index (χ1) is 4.62. The van der Waals surface area contributed by atoms with Crippen molar-refractivity contribution in [2.24, 2.45) is 0 Å². The normalized spacial score (nSPS) is 53.4. The molecule has 2 saturated heterocycles. The molecular formula is C8H14O2. The van der Waals surface area contributed by atoms with Gasteiger partial charge in [0.2, 0.25) is 0 Å². The Morgan fingerprint density at radius 3 is 2.60 bits per heavy atom. The fraction of sp³-hybridized carbons (Fsp3) is 1.00. The van der Waals surface area contributed by atoms with Crippen LogP contribution >= 0.6 is 0 Å². The van der Waals surface area contributed by atoms with Crippen LogP contribution in [-0.4, -0.2) is 18.0 Å². The highest BCUT2D eigenvalue weighted by Crippen LogP contribution is 2.42. The molecule has 2 heterocycles. The van der Waals surface area contributed by atoms with Gasteiger partial charge in [-0.15, -0.1) is 0 Å². The molecule has 0 aromatic heterocycles. The Hall–Kier alpha value is -0.0800. The molecule has 0 radical (unpaired) electrons. The Bertz CT molecular complexity index is 141. The lowest BCUT2D eigenvalue weighted by Gasteiger charge is -2.32. The fourth-order valence-electron chi connectivity index (χ4n) is 1.92. The van der Waals surface area contributed by atoms with Crippen molar-refractivity contribution >= 4 is 0 Å². The number of ether oxygens (including phenoxy) is 2. The maximum Gasteiger partial charge on any atom is 0.166 e. The molecule has 0 N–H and O–H groups in total. The van der Waals surface area contributed by atoms with Gasteiger partial charge in [-0.2, -0.15) is 0 Å². The first kappa shape index (κ1) is 6.62. The summed E-state index contributed by atoms with van der Waals surface area (Å²) in [5.74, 6) is -0.243. The molecule has 10 heavy (non-hydrogen) atoms. The van der Waals surface area contributed by atoms with Crippen LogP contribution in [0.25, 0.3) is 0 Å². The van der Waals surface area contributed by atoms with Crippen molar-refractivity contribution < 1.29 is 9.47 Å². The zero-order chi connectivity index (χ0) is 7.24. The Kier molecular flexibility index (Phi) is 1.15. The van der Waals surface area contributed by atoms with E-state index in [1.807, 2.05) is 6.92 Å². The zero-order valence-corrected chi connectivity index (χ0v) is 6.64. The minimum absolute atomic E-state index is 0.0347. The summed E-state index contributed by atoms with van der Waals surface area (Å²) in [5.41, 5.74) is 0.0347. The smallest absolute Gasteiger partial charge is 0.166 e. The molecule has 2 heteroatoms. The van der Waals surface area contributed by atoms with E-state index in [4.69, 9.17) is 9.47 Å². The number of fused-ring (bicyclic) bond motifs is 2. The third kappa shape index (κ3) is 0.867. The average molecular weight is 142 g/mol. The van der Waals surface area contributed by atoms with Gasteiger partial charge >= 0.3 is 0 Å². The van der Waals surface area contributed by atoms with Crippen molar-refractivity contribution in [1.29, 1.82) is 0 Å². The molecule has 2 atom stereocenters. The van der Waals surface area contributed by atoms with Crippen LogP contribution in [0, 0.1) is 0 Å². The SMILES string of the molecule is C[C@]12CCC[C@](C)(OC1)O2. The third-order valence-corrected chi connectivity index (χ3v) is 2.48. The Labute approximate surface area is 61.5 Å². The van der Waals surface area contributed by atoms with Crippen LogP contribution in [0.5, 0.6) is 0 Å². The largest absolute Gasteiger partial charge is 0.347 e. The first-order valence-corrected chi connectivity index (χ1v) is 3.96. The molecule has 0 unspecified atom stereocenters. The first-order valence-electron chi connectivity index (χ1n) is 3.96. The maximum absolute atomic E-state index is 5.75. The van der Waals surface area contributed by atoms with Gasteiger partial charge in [-0.05, 0) is 26.7 Å². The number of rotatable bonds is 0. The van der Waals surface area contributed by atoms with E-state index < -0.39 is 0 Å². The predicted octanol–water partition coefficient (Wildman–Crippen LogP) is 1.69. The van der Waals surface area contributed by atoms with E-state index in [-0.39, 0.29) is 11.4 Å². The topological polar surface area (TPSA) is 18.5 Å². The highest BCUT2D eigenvalue weighted by Gasteiger charge is 2.47. The van der Waals surface area contributed by atoms with Gasteiger partial charge in [-0.1, -0.05) is 0 Å². The van der Waals surface area contributed by atoms with E-state index in [1.54, 1.807) is 0 Å². The van der Waals surface area contributed by atoms with Gasteiger partial charge in [0.1, 0.15) is 0 Å². The fourth-order valence-corrected chi connectivity index (χ4v) is 1.92. The van der Waals surface area contributed by atoms with Crippen LogP contribution in [-0.2, 0) is 9.47 Å². The van der Waals surface area contributed by atoms with Crippen molar-refractivity contribution in [3.05, 3.63) is 0 Å². The van der Waals surface area contributed by atoms with Crippen LogP contribution in [0.3, 0.4) is 0 Å². The zero-order valence-electron chi connectivity index (χ0n) is 6.64. The molecule has 2 aliphatic heterocycles. The predicted molar refractivity (Wildman–Crippen MR) is 37.7 cm³/mol. The van der Waals surface area contributed by atoms with Crippen molar-refractivity contribution in [3.63, 3.8) is 0 Å². The summed E-state index contributed by atoms with van der Waals surface area (Å²) in [5, 5.41) is 0.